The molecule has 0 aliphatic rings. The number of carboxylic acid groups (broad SMARTS) is 1. The molecular weight excluding hydrogens is 274 g/mol. The molecule has 1 atom stereocenters. The molecule has 0 spiro atoms. The fraction of sp³-hybridized carbons (Fsp3) is 0.143. The fourth-order valence-electron chi connectivity index (χ4n) is 1.81. The lowest BCUT2D eigenvalue weighted by molar-refractivity contribution is -0.139. The van der Waals surface area contributed by atoms with Gasteiger partial charge in [-0.25, -0.2) is 9.78 Å². The molecular formula is C14H13N3O4. The molecule has 0 radical (unpaired) electrons. The third-order valence-electron chi connectivity index (χ3n) is 2.86. The van der Waals surface area contributed by atoms with Crippen LogP contribution in [0.3, 0.4) is 0 Å². The number of aliphatic carboxylic acids is 1. The van der Waals surface area contributed by atoms with Crippen LogP contribution in [0.1, 0.15) is 16.8 Å². The minimum atomic E-state index is -1.20. The van der Waals surface area contributed by atoms with Gasteiger partial charge in [-0.1, -0.05) is 12.1 Å². The van der Waals surface area contributed by atoms with E-state index in [-0.39, 0.29) is 12.0 Å². The Kier molecular flexibility index (Phi) is 4.13. The second-order valence-electron chi connectivity index (χ2n) is 4.29. The van der Waals surface area contributed by atoms with Gasteiger partial charge in [0, 0.05) is 12.4 Å². The van der Waals surface area contributed by atoms with Gasteiger partial charge in [-0.3, -0.25) is 14.0 Å². The molecule has 1 amide bonds. The van der Waals surface area contributed by atoms with Gasteiger partial charge in [-0.2, -0.15) is 0 Å². The van der Waals surface area contributed by atoms with Gasteiger partial charge in [0.2, 0.25) is 0 Å². The standard InChI is InChI=1S/C14H13N3O4/c1-2-5-10(14(20)21)16-12(18)9-8-15-11-6-3-4-7-17(11)13(9)19/h2-4,6-8,10H,1,5H2,(H,16,18)(H,20,21). The summed E-state index contributed by atoms with van der Waals surface area (Å²) >= 11 is 0. The Balaban J connectivity index is 2.35. The van der Waals surface area contributed by atoms with Crippen molar-refractivity contribution in [2.75, 3.05) is 0 Å². The number of hydrogen-bond acceptors (Lipinski definition) is 4. The molecule has 7 heteroatoms. The van der Waals surface area contributed by atoms with E-state index >= 15 is 0 Å². The smallest absolute Gasteiger partial charge is 0.326 e. The van der Waals surface area contributed by atoms with Crippen molar-refractivity contribution in [1.29, 1.82) is 0 Å². The lowest BCUT2D eigenvalue weighted by atomic mass is 10.2. The van der Waals surface area contributed by atoms with Crippen LogP contribution >= 0.6 is 0 Å². The third-order valence-corrected chi connectivity index (χ3v) is 2.86. The van der Waals surface area contributed by atoms with Gasteiger partial charge in [0.15, 0.2) is 0 Å². The van der Waals surface area contributed by atoms with Crippen LogP contribution in [0, 0.1) is 0 Å². The van der Waals surface area contributed by atoms with Crippen molar-refractivity contribution in [2.45, 2.75) is 12.5 Å². The molecule has 2 aromatic rings. The van der Waals surface area contributed by atoms with E-state index in [2.05, 4.69) is 16.9 Å². The van der Waals surface area contributed by atoms with Crippen LogP contribution in [0.25, 0.3) is 5.65 Å². The summed E-state index contributed by atoms with van der Waals surface area (Å²) < 4.78 is 1.22. The summed E-state index contributed by atoms with van der Waals surface area (Å²) in [6.45, 7) is 3.43. The highest BCUT2D eigenvalue weighted by Gasteiger charge is 2.21. The quantitative estimate of drug-likeness (QED) is 0.778. The Morgan fingerprint density at radius 3 is 2.90 bits per heavy atom. The minimum absolute atomic E-state index is 0.0589. The second kappa shape index (κ2) is 6.00. The zero-order valence-corrected chi connectivity index (χ0v) is 11.0. The molecule has 2 N–H and O–H groups in total. The topological polar surface area (TPSA) is 101 Å². The lowest BCUT2D eigenvalue weighted by Crippen LogP contribution is -2.42. The van der Waals surface area contributed by atoms with Crippen LogP contribution in [0.2, 0.25) is 0 Å². The molecule has 0 aliphatic carbocycles. The molecule has 7 nitrogen and oxygen atoms in total. The number of pyridine rings is 1. The van der Waals surface area contributed by atoms with Crippen LogP contribution in [0.4, 0.5) is 0 Å². The molecule has 0 bridgehead atoms. The number of carbonyl (C=O) groups excluding carboxylic acids is 1. The van der Waals surface area contributed by atoms with Gasteiger partial charge in [0.1, 0.15) is 17.3 Å². The monoisotopic (exact) mass is 287 g/mol. The number of aromatic nitrogens is 2. The van der Waals surface area contributed by atoms with Crippen LogP contribution in [0.5, 0.6) is 0 Å². The Labute approximate surface area is 119 Å². The van der Waals surface area contributed by atoms with E-state index in [1.54, 1.807) is 18.2 Å². The van der Waals surface area contributed by atoms with E-state index in [0.717, 1.165) is 6.20 Å². The first-order valence-electron chi connectivity index (χ1n) is 6.15. The number of hydrogen-bond donors (Lipinski definition) is 2. The maximum absolute atomic E-state index is 12.2. The van der Waals surface area contributed by atoms with E-state index < -0.39 is 23.5 Å². The summed E-state index contributed by atoms with van der Waals surface area (Å²) in [5.41, 5.74) is -0.366. The number of nitrogens with zero attached hydrogens (tertiary/aromatic N) is 2. The number of amides is 1. The van der Waals surface area contributed by atoms with Gasteiger partial charge in [0.05, 0.1) is 0 Å². The van der Waals surface area contributed by atoms with Gasteiger partial charge >= 0.3 is 5.97 Å². The molecule has 1 unspecified atom stereocenters. The third kappa shape index (κ3) is 2.97. The van der Waals surface area contributed by atoms with Gasteiger partial charge < -0.3 is 10.4 Å². The summed E-state index contributed by atoms with van der Waals surface area (Å²) in [6.07, 6.45) is 4.06. The van der Waals surface area contributed by atoms with Gasteiger partial charge in [0.25, 0.3) is 11.5 Å². The van der Waals surface area contributed by atoms with Crippen LogP contribution in [0.15, 0.2) is 48.0 Å². The Morgan fingerprint density at radius 2 is 2.24 bits per heavy atom. The predicted octanol–water partition coefficient (Wildman–Crippen LogP) is 0.454. The summed E-state index contributed by atoms with van der Waals surface area (Å²) in [5.74, 6) is -1.97. The van der Waals surface area contributed by atoms with Gasteiger partial charge in [-0.05, 0) is 18.6 Å². The van der Waals surface area contributed by atoms with Gasteiger partial charge in [-0.15, -0.1) is 6.58 Å². The zero-order chi connectivity index (χ0) is 15.4. The van der Waals surface area contributed by atoms with Crippen molar-refractivity contribution >= 4 is 17.5 Å². The Bertz CT molecular complexity index is 766. The number of carbonyl (C=O) groups is 2. The zero-order valence-electron chi connectivity index (χ0n) is 11.0. The van der Waals surface area contributed by atoms with E-state index in [1.807, 2.05) is 0 Å². The molecule has 2 rings (SSSR count). The van der Waals surface area contributed by atoms with E-state index in [4.69, 9.17) is 5.11 Å². The molecule has 0 saturated carbocycles. The molecule has 21 heavy (non-hydrogen) atoms. The Hall–Kier alpha value is -2.96. The fourth-order valence-corrected chi connectivity index (χ4v) is 1.81. The highest BCUT2D eigenvalue weighted by Crippen LogP contribution is 2.00. The predicted molar refractivity (Wildman–Crippen MR) is 75.2 cm³/mol. The molecule has 0 aromatic carbocycles. The summed E-state index contributed by atoms with van der Waals surface area (Å²) in [5, 5.41) is 11.3. The normalized spacial score (nSPS) is 11.8. The SMILES string of the molecule is C=CCC(NC(=O)c1cnc2ccccn2c1=O)C(=O)O. The van der Waals surface area contributed by atoms with Crippen molar-refractivity contribution < 1.29 is 14.7 Å². The maximum Gasteiger partial charge on any atom is 0.326 e. The summed E-state index contributed by atoms with van der Waals surface area (Å²) in [4.78, 5) is 39.2. The maximum atomic E-state index is 12.2. The number of rotatable bonds is 5. The minimum Gasteiger partial charge on any atom is -0.480 e. The summed E-state index contributed by atoms with van der Waals surface area (Å²) in [7, 11) is 0. The summed E-state index contributed by atoms with van der Waals surface area (Å²) in [6, 6.07) is 3.84. The number of carboxylic acids is 1. The molecule has 2 heterocycles. The average Bonchev–Trinajstić information content (AvgIpc) is 2.47. The number of fused-ring (bicyclic) bond motifs is 1. The molecule has 2 aromatic heterocycles. The molecule has 108 valence electrons. The van der Waals surface area contributed by atoms with E-state index in [1.165, 1.54) is 16.7 Å². The largest absolute Gasteiger partial charge is 0.480 e. The van der Waals surface area contributed by atoms with E-state index in [9.17, 15) is 14.4 Å². The Morgan fingerprint density at radius 1 is 1.48 bits per heavy atom. The lowest BCUT2D eigenvalue weighted by Gasteiger charge is -2.12. The average molecular weight is 287 g/mol. The molecule has 0 fully saturated rings. The highest BCUT2D eigenvalue weighted by atomic mass is 16.4. The van der Waals surface area contributed by atoms with Crippen molar-refractivity contribution in [1.82, 2.24) is 14.7 Å². The first-order valence-corrected chi connectivity index (χ1v) is 6.15. The van der Waals surface area contributed by atoms with Crippen molar-refractivity contribution in [3.63, 3.8) is 0 Å². The molecule has 0 aliphatic heterocycles. The van der Waals surface area contributed by atoms with Crippen LogP contribution < -0.4 is 10.9 Å². The first kappa shape index (κ1) is 14.4. The van der Waals surface area contributed by atoms with Crippen molar-refractivity contribution in [3.8, 4) is 0 Å². The second-order valence-corrected chi connectivity index (χ2v) is 4.29. The van der Waals surface area contributed by atoms with Crippen molar-refractivity contribution in [3.05, 3.63) is 59.2 Å². The van der Waals surface area contributed by atoms with Crippen LogP contribution in [-0.4, -0.2) is 32.4 Å². The first-order chi connectivity index (χ1) is 10.0. The number of nitrogens with one attached hydrogen (secondary N) is 1. The van der Waals surface area contributed by atoms with Crippen LogP contribution in [-0.2, 0) is 4.79 Å². The molecule has 0 saturated heterocycles. The highest BCUT2D eigenvalue weighted by molar-refractivity contribution is 5.96. The van der Waals surface area contributed by atoms with Crippen molar-refractivity contribution in [2.24, 2.45) is 0 Å². The van der Waals surface area contributed by atoms with E-state index in [0.29, 0.717) is 5.65 Å².